The molecule has 184 valence electrons. The van der Waals surface area contributed by atoms with Crippen molar-refractivity contribution in [3.63, 3.8) is 0 Å². The Balaban J connectivity index is 0.000000894. The molecule has 4 nitrogen and oxygen atoms in total. The molecule has 0 unspecified atom stereocenters. The largest absolute Gasteiger partial charge is 0.185 e. The summed E-state index contributed by atoms with van der Waals surface area (Å²) < 4.78 is 5.74. The van der Waals surface area contributed by atoms with Crippen LogP contribution in [0.4, 0.5) is 0 Å². The molecule has 2 rings (SSSR count). The second-order valence-electron chi connectivity index (χ2n) is 7.47. The third kappa shape index (κ3) is 19.9. The van der Waals surface area contributed by atoms with Crippen LogP contribution < -0.4 is 0 Å². The van der Waals surface area contributed by atoms with Gasteiger partial charge in [0.2, 0.25) is 0 Å². The smallest absolute Gasteiger partial charge is 0.147 e. The minimum Gasteiger partial charge on any atom is -0.147 e. The minimum absolute atomic E-state index is 1.11. The maximum atomic E-state index is 4.32. The molecular weight excluding hydrogens is 513 g/mol. The molecule has 32 heavy (non-hydrogen) atoms. The molecule has 0 aliphatic rings. The van der Waals surface area contributed by atoms with Crippen LogP contribution in [0.15, 0.2) is 20.3 Å². The minimum atomic E-state index is 1.11. The van der Waals surface area contributed by atoms with Crippen LogP contribution in [0.3, 0.4) is 0 Å². The van der Waals surface area contributed by atoms with Crippen molar-refractivity contribution >= 4 is 66.0 Å². The Kier molecular flexibility index (Phi) is 23.5. The standard InChI is InChI=1S/C20H38N2S5.C2H2N2S/c1-3-5-7-9-11-13-15-17-23-26-19-21-22-20(25-19)27-24-18-16-14-12-10-8-6-4-2;1-2-5-4-3-1/h3-18H2,1-2H3;1-2H. The summed E-state index contributed by atoms with van der Waals surface area (Å²) in [5, 5.41) is 13.9. The highest BCUT2D eigenvalue weighted by Gasteiger charge is 2.06. The Hall–Kier alpha value is 0.520. The Labute approximate surface area is 220 Å². The molecule has 0 atom stereocenters. The van der Waals surface area contributed by atoms with Crippen LogP contribution in [0, 0.1) is 0 Å². The summed E-state index contributed by atoms with van der Waals surface area (Å²) in [4.78, 5) is 0. The van der Waals surface area contributed by atoms with E-state index in [1.165, 1.54) is 113 Å². The first kappa shape index (κ1) is 30.6. The molecule has 0 saturated heterocycles. The van der Waals surface area contributed by atoms with Gasteiger partial charge in [-0.1, -0.05) is 128 Å². The monoisotopic (exact) mass is 552 g/mol. The lowest BCUT2D eigenvalue weighted by Gasteiger charge is -2.00. The third-order valence-electron chi connectivity index (χ3n) is 4.59. The molecule has 2 aromatic heterocycles. The van der Waals surface area contributed by atoms with E-state index in [1.807, 2.05) is 48.6 Å². The predicted molar refractivity (Wildman–Crippen MR) is 152 cm³/mol. The molecule has 0 fully saturated rings. The Bertz CT molecular complexity index is 543. The van der Waals surface area contributed by atoms with E-state index in [9.17, 15) is 0 Å². The van der Waals surface area contributed by atoms with Crippen LogP contribution in [0.2, 0.25) is 0 Å². The summed E-state index contributed by atoms with van der Waals surface area (Å²) >= 11 is 3.10. The summed E-state index contributed by atoms with van der Waals surface area (Å²) in [6.45, 7) is 4.56. The maximum absolute atomic E-state index is 4.32. The van der Waals surface area contributed by atoms with Crippen molar-refractivity contribution in [2.24, 2.45) is 0 Å². The van der Waals surface area contributed by atoms with E-state index in [4.69, 9.17) is 0 Å². The van der Waals surface area contributed by atoms with Crippen molar-refractivity contribution < 1.29 is 0 Å². The van der Waals surface area contributed by atoms with Gasteiger partial charge in [0.25, 0.3) is 0 Å². The molecule has 0 aliphatic heterocycles. The van der Waals surface area contributed by atoms with Crippen molar-refractivity contribution in [2.75, 3.05) is 11.5 Å². The van der Waals surface area contributed by atoms with Crippen LogP contribution in [0.1, 0.15) is 104 Å². The van der Waals surface area contributed by atoms with E-state index in [-0.39, 0.29) is 0 Å². The predicted octanol–water partition coefficient (Wildman–Crippen LogP) is 10.1. The zero-order valence-corrected chi connectivity index (χ0v) is 24.6. The van der Waals surface area contributed by atoms with Crippen LogP contribution in [-0.2, 0) is 0 Å². The summed E-state index contributed by atoms with van der Waals surface area (Å²) in [5.41, 5.74) is 0. The van der Waals surface area contributed by atoms with Gasteiger partial charge in [-0.15, -0.1) is 15.3 Å². The van der Waals surface area contributed by atoms with Gasteiger partial charge < -0.3 is 0 Å². The Morgan fingerprint density at radius 3 is 1.50 bits per heavy atom. The molecule has 0 bridgehead atoms. The van der Waals surface area contributed by atoms with Gasteiger partial charge >= 0.3 is 0 Å². The van der Waals surface area contributed by atoms with Crippen LogP contribution in [0.5, 0.6) is 0 Å². The van der Waals surface area contributed by atoms with Gasteiger partial charge in [0.15, 0.2) is 8.68 Å². The second kappa shape index (κ2) is 24.6. The number of aromatic nitrogens is 4. The lowest BCUT2D eigenvalue weighted by molar-refractivity contribution is 0.604. The third-order valence-corrected chi connectivity index (χ3v) is 11.4. The normalized spacial score (nSPS) is 10.8. The zero-order chi connectivity index (χ0) is 23.0. The van der Waals surface area contributed by atoms with Gasteiger partial charge in [-0.2, -0.15) is 0 Å². The van der Waals surface area contributed by atoms with Gasteiger partial charge in [0.05, 0.1) is 6.20 Å². The molecule has 0 spiro atoms. The van der Waals surface area contributed by atoms with Crippen molar-refractivity contribution in [3.05, 3.63) is 11.6 Å². The highest BCUT2D eigenvalue weighted by atomic mass is 33.1. The Morgan fingerprint density at radius 1 is 0.656 bits per heavy atom. The van der Waals surface area contributed by atoms with E-state index in [2.05, 4.69) is 33.6 Å². The lowest BCUT2D eigenvalue weighted by atomic mass is 10.1. The van der Waals surface area contributed by atoms with E-state index < -0.39 is 0 Å². The molecule has 0 N–H and O–H groups in total. The van der Waals surface area contributed by atoms with E-state index >= 15 is 0 Å². The van der Waals surface area contributed by atoms with Crippen LogP contribution >= 0.6 is 66.0 Å². The fourth-order valence-electron chi connectivity index (χ4n) is 2.82. The average Bonchev–Trinajstić information content (AvgIpc) is 3.52. The molecule has 0 aromatic carbocycles. The maximum Gasteiger partial charge on any atom is 0.185 e. The molecule has 0 aliphatic carbocycles. The van der Waals surface area contributed by atoms with Gasteiger partial charge in [-0.3, -0.25) is 0 Å². The number of rotatable bonds is 20. The number of hydrogen-bond acceptors (Lipinski definition) is 10. The van der Waals surface area contributed by atoms with Crippen molar-refractivity contribution in [1.29, 1.82) is 0 Å². The highest BCUT2D eigenvalue weighted by molar-refractivity contribution is 8.77. The second-order valence-corrected chi connectivity index (χ2v) is 14.4. The van der Waals surface area contributed by atoms with E-state index in [0.717, 1.165) is 8.68 Å². The van der Waals surface area contributed by atoms with Crippen LogP contribution in [-0.4, -0.2) is 31.3 Å². The van der Waals surface area contributed by atoms with Crippen molar-refractivity contribution in [3.8, 4) is 0 Å². The fourth-order valence-corrected chi connectivity index (χ4v) is 8.96. The van der Waals surface area contributed by atoms with Gasteiger partial charge in [-0.05, 0) is 46.0 Å². The first-order valence-corrected chi connectivity index (χ1v) is 18.3. The molecule has 0 saturated carbocycles. The zero-order valence-electron chi connectivity index (χ0n) is 19.7. The molecular formula is C22H40N4S6. The summed E-state index contributed by atoms with van der Waals surface area (Å²) in [7, 11) is 7.50. The first-order chi connectivity index (χ1) is 15.9. The molecule has 10 heteroatoms. The Morgan fingerprint density at radius 2 is 1.12 bits per heavy atom. The van der Waals surface area contributed by atoms with Gasteiger partial charge in [0.1, 0.15) is 0 Å². The lowest BCUT2D eigenvalue weighted by Crippen LogP contribution is -1.81. The number of unbranched alkanes of at least 4 members (excludes halogenated alkanes) is 12. The first-order valence-electron chi connectivity index (χ1n) is 12.0. The van der Waals surface area contributed by atoms with E-state index in [0.29, 0.717) is 0 Å². The summed E-state index contributed by atoms with van der Waals surface area (Å²) in [6, 6.07) is 0. The highest BCUT2D eigenvalue weighted by Crippen LogP contribution is 2.39. The fraction of sp³-hybridized carbons (Fsp3) is 0.818. The van der Waals surface area contributed by atoms with Crippen molar-refractivity contribution in [2.45, 2.75) is 112 Å². The molecule has 2 aromatic rings. The van der Waals surface area contributed by atoms with Gasteiger partial charge in [-0.25, -0.2) is 0 Å². The number of nitrogens with zero attached hydrogens (tertiary/aromatic N) is 4. The molecule has 0 radical (unpaired) electrons. The van der Waals surface area contributed by atoms with Crippen molar-refractivity contribution in [1.82, 2.24) is 19.8 Å². The van der Waals surface area contributed by atoms with E-state index in [1.54, 1.807) is 17.5 Å². The summed E-state index contributed by atoms with van der Waals surface area (Å²) in [6.07, 6.45) is 21.0. The topological polar surface area (TPSA) is 51.6 Å². The number of hydrogen-bond donors (Lipinski definition) is 0. The SMILES string of the molecule is CCCCCCCCCSSc1nnc(SSCCCCCCCCC)s1.c1csnn1. The van der Waals surface area contributed by atoms with Crippen LogP contribution in [0.25, 0.3) is 0 Å². The quantitative estimate of drug-likeness (QED) is 0.119. The molecule has 0 amide bonds. The summed E-state index contributed by atoms with van der Waals surface area (Å²) in [5.74, 6) is 2.46. The average molecular weight is 553 g/mol. The molecule has 2 heterocycles. The van der Waals surface area contributed by atoms with Gasteiger partial charge in [0, 0.05) is 16.9 Å².